The van der Waals surface area contributed by atoms with Crippen molar-refractivity contribution >= 4 is 82.1 Å². The minimum absolute atomic E-state index is 0.0267. The third-order valence-electron chi connectivity index (χ3n) is 16.5. The summed E-state index contributed by atoms with van der Waals surface area (Å²) in [5.41, 5.74) is 11.2. The first kappa shape index (κ1) is 64.1. The fourth-order valence-electron chi connectivity index (χ4n) is 11.3. The molecule has 23 nitrogen and oxygen atoms in total. The van der Waals surface area contributed by atoms with E-state index in [4.69, 9.17) is 10.5 Å². The predicted octanol–water partition coefficient (Wildman–Crippen LogP) is 8.22. The number of ether oxygens (including phenoxy) is 1. The molecule has 9 rings (SSSR count). The molecule has 0 radical (unpaired) electrons. The van der Waals surface area contributed by atoms with Crippen LogP contribution >= 0.6 is 0 Å². The molecule has 9 N–H and O–H groups in total. The van der Waals surface area contributed by atoms with Crippen LogP contribution in [0.2, 0.25) is 0 Å². The van der Waals surface area contributed by atoms with Crippen LogP contribution in [-0.4, -0.2) is 116 Å². The number of carboxylic acids is 1. The zero-order valence-corrected chi connectivity index (χ0v) is 51.7. The van der Waals surface area contributed by atoms with E-state index >= 15 is 0 Å². The van der Waals surface area contributed by atoms with Gasteiger partial charge < -0.3 is 31.1 Å². The van der Waals surface area contributed by atoms with Crippen LogP contribution in [0.25, 0.3) is 11.2 Å². The molecule has 88 heavy (non-hydrogen) atoms. The van der Waals surface area contributed by atoms with Gasteiger partial charge >= 0.3 is 5.97 Å². The lowest BCUT2D eigenvalue weighted by molar-refractivity contribution is -0.438. The molecule has 0 saturated carbocycles. The summed E-state index contributed by atoms with van der Waals surface area (Å²) in [5, 5.41) is 14.0. The number of anilines is 3. The molecule has 26 heteroatoms. The van der Waals surface area contributed by atoms with Gasteiger partial charge in [-0.15, -0.1) is 0 Å². The van der Waals surface area contributed by atoms with Crippen LogP contribution in [0.5, 0.6) is 5.75 Å². The number of para-hydroxylation sites is 1. The number of carboxylic acid groups (broad SMARTS) is 1. The molecule has 3 unspecified atom stereocenters. The highest BCUT2D eigenvalue weighted by atomic mass is 32.2. The van der Waals surface area contributed by atoms with Gasteiger partial charge in [-0.05, 0) is 137 Å². The normalized spacial score (nSPS) is 18.2. The molecule has 464 valence electrons. The van der Waals surface area contributed by atoms with E-state index < -0.39 is 75.2 Å². The molecule has 0 fully saturated rings. The molecule has 0 spiro atoms. The van der Waals surface area contributed by atoms with Crippen molar-refractivity contribution in [3.8, 4) is 5.75 Å². The quantitative estimate of drug-likeness (QED) is 0.0221. The maximum Gasteiger partial charge on any atom is 0.326 e. The van der Waals surface area contributed by atoms with E-state index in [1.807, 2.05) is 73.4 Å². The lowest BCUT2D eigenvalue weighted by Gasteiger charge is -2.28. The molecule has 4 heterocycles. The van der Waals surface area contributed by atoms with E-state index in [0.717, 1.165) is 29.0 Å². The third-order valence-corrected chi connectivity index (χ3v) is 19.8. The van der Waals surface area contributed by atoms with Gasteiger partial charge in [0.05, 0.1) is 39.2 Å². The molecule has 2 aliphatic heterocycles. The molecule has 6 aromatic rings. The van der Waals surface area contributed by atoms with Gasteiger partial charge in [0.25, 0.3) is 41.8 Å². The summed E-state index contributed by atoms with van der Waals surface area (Å²) >= 11 is 0. The van der Waals surface area contributed by atoms with Gasteiger partial charge in [-0.2, -0.15) is 34.8 Å². The monoisotopic (exact) mass is 1260 g/mol. The van der Waals surface area contributed by atoms with Crippen molar-refractivity contribution in [2.45, 2.75) is 119 Å². The summed E-state index contributed by atoms with van der Waals surface area (Å²) in [6.45, 7) is 11.4. The van der Waals surface area contributed by atoms with Crippen molar-refractivity contribution in [2.24, 2.45) is 5.92 Å². The SMILES string of the molecule is CC(CCN1/C(=C\C=C\C2CCCC(/C=C/C3=[N+](CCC(C)S(=O)(=O)O)c4ccccc4C3(C)C)=C2Oc2ccc(C[C@H](NC(=O)c3ccc(NCc4cnc5nc(N)[nH]c(=O)c5n4)cc3)C(=O)O)cc2)C(C)(C)c2cc(S(=O)(=O)O)ccc21)S(=O)(=O)O. The van der Waals surface area contributed by atoms with E-state index in [1.54, 1.807) is 42.5 Å². The number of nitrogen functional groups attached to an aromatic ring is 1. The number of allylic oxidation sites excluding steroid dienone is 7. The fourth-order valence-corrected chi connectivity index (χ4v) is 12.6. The highest BCUT2D eigenvalue weighted by Gasteiger charge is 2.45. The van der Waals surface area contributed by atoms with Crippen LogP contribution in [0.4, 0.5) is 23.0 Å². The Bertz CT molecular complexity index is 4290. The number of aliphatic carboxylic acids is 1. The Hall–Kier alpha value is -8.40. The Balaban J connectivity index is 0.990. The summed E-state index contributed by atoms with van der Waals surface area (Å²) < 4.78 is 112. The number of nitrogens with zero attached hydrogens (tertiary/aromatic N) is 5. The van der Waals surface area contributed by atoms with Crippen molar-refractivity contribution in [3.63, 3.8) is 0 Å². The third kappa shape index (κ3) is 14.3. The first-order valence-corrected chi connectivity index (χ1v) is 32.9. The van der Waals surface area contributed by atoms with E-state index in [0.29, 0.717) is 64.8 Å². The minimum atomic E-state index is -4.58. The number of amides is 1. The molecule has 3 aliphatic rings. The van der Waals surface area contributed by atoms with Crippen LogP contribution in [-0.2, 0) is 58.9 Å². The first-order chi connectivity index (χ1) is 41.4. The molecular formula is C62H70N9O14S3+. The molecule has 4 aromatic carbocycles. The number of H-pyrrole nitrogens is 1. The van der Waals surface area contributed by atoms with Crippen molar-refractivity contribution < 1.29 is 62.9 Å². The topological polar surface area (TPSA) is 355 Å². The molecule has 4 atom stereocenters. The molecule has 0 bridgehead atoms. The van der Waals surface area contributed by atoms with E-state index in [2.05, 4.69) is 49.0 Å². The Kier molecular flexibility index (Phi) is 18.5. The minimum Gasteiger partial charge on any atom is -0.480 e. The van der Waals surface area contributed by atoms with E-state index in [1.165, 1.54) is 44.3 Å². The van der Waals surface area contributed by atoms with Gasteiger partial charge in [-0.25, -0.2) is 14.8 Å². The standard InChI is InChI=1S/C62H69N9O14S3/c1-37(86(76,77)78)29-31-70-50-15-8-7-14-47(50)61(3,4)53(70)28-21-41-12-9-11-40(13-10-16-52-62(5,6)48-34-46(88(82,83)84)26-27-51(48)71(52)32-30-38(2)87(79,80)81)55(41)85-45-24-17-39(18-25-45)33-49(59(74)75)67-57(72)42-19-22-43(23-20-42)64-35-44-36-65-56-54(66-44)58(73)69-60(63)68-56/h7-8,10,13-28,34,36-38,40,49H,9,11-12,29-33,35H2,1-6H3,(H8-,63,64,65,67,68,69,72,73,74,75,76,77,78,79,80,81,82,83,84)/p+1/b13-10+,28-21+,52-16-/t37?,38?,40?,49-/m0/s1. The lowest BCUT2D eigenvalue weighted by atomic mass is 9.81. The van der Waals surface area contributed by atoms with Crippen LogP contribution in [0.15, 0.2) is 154 Å². The van der Waals surface area contributed by atoms with Gasteiger partial charge in [-0.3, -0.25) is 28.2 Å². The van der Waals surface area contributed by atoms with Gasteiger partial charge in [0.1, 0.15) is 17.6 Å². The Morgan fingerprint density at radius 2 is 1.57 bits per heavy atom. The summed E-state index contributed by atoms with van der Waals surface area (Å²) in [7, 11) is -13.3. The van der Waals surface area contributed by atoms with Gasteiger partial charge in [0, 0.05) is 71.1 Å². The molecule has 0 saturated heterocycles. The second-order valence-corrected chi connectivity index (χ2v) is 28.3. The van der Waals surface area contributed by atoms with Crippen molar-refractivity contribution in [2.75, 3.05) is 29.0 Å². The summed E-state index contributed by atoms with van der Waals surface area (Å²) in [5.74, 6) is -1.26. The summed E-state index contributed by atoms with van der Waals surface area (Å²) in [6, 6.07) is 24.1. The molecule has 1 aliphatic carbocycles. The van der Waals surface area contributed by atoms with Gasteiger partial charge in [-0.1, -0.05) is 56.3 Å². The maximum atomic E-state index is 13.5. The summed E-state index contributed by atoms with van der Waals surface area (Å²) in [4.78, 5) is 54.9. The number of carbonyl (C=O) groups is 2. The largest absolute Gasteiger partial charge is 0.480 e. The van der Waals surface area contributed by atoms with E-state index in [9.17, 15) is 58.4 Å². The Morgan fingerprint density at radius 3 is 2.25 bits per heavy atom. The maximum absolute atomic E-state index is 13.5. The van der Waals surface area contributed by atoms with Crippen LogP contribution < -0.4 is 31.6 Å². The highest BCUT2D eigenvalue weighted by Crippen LogP contribution is 2.49. The van der Waals surface area contributed by atoms with Crippen molar-refractivity contribution in [3.05, 3.63) is 183 Å². The zero-order valence-electron chi connectivity index (χ0n) is 49.2. The average molecular weight is 1260 g/mol. The number of fused-ring (bicyclic) bond motifs is 3. The van der Waals surface area contributed by atoms with Crippen LogP contribution in [0, 0.1) is 5.92 Å². The molecule has 2 aromatic heterocycles. The average Bonchev–Trinajstić information content (AvgIpc) is 1.79. The number of nitrogens with two attached hydrogens (primary N) is 1. The molecular weight excluding hydrogens is 1190 g/mol. The van der Waals surface area contributed by atoms with Crippen LogP contribution in [0.3, 0.4) is 0 Å². The highest BCUT2D eigenvalue weighted by molar-refractivity contribution is 7.86. The second kappa shape index (κ2) is 25.4. The number of hydrogen-bond acceptors (Lipinski definition) is 16. The zero-order chi connectivity index (χ0) is 63.7. The Morgan fingerprint density at radius 1 is 0.875 bits per heavy atom. The molecule has 1 amide bonds. The number of rotatable bonds is 23. The fraction of sp³-hybridized carbons (Fsp3) is 0.339. The van der Waals surface area contributed by atoms with Crippen LogP contribution in [0.1, 0.15) is 106 Å². The lowest BCUT2D eigenvalue weighted by Crippen LogP contribution is -2.42. The van der Waals surface area contributed by atoms with E-state index in [-0.39, 0.29) is 65.8 Å². The first-order valence-electron chi connectivity index (χ1n) is 28.4. The number of nitrogens with one attached hydrogen (secondary N) is 3. The van der Waals surface area contributed by atoms with Gasteiger partial charge in [0.2, 0.25) is 11.6 Å². The summed E-state index contributed by atoms with van der Waals surface area (Å²) in [6.07, 6.45) is 13.3. The number of aromatic amines is 1. The van der Waals surface area contributed by atoms with Crippen molar-refractivity contribution in [1.82, 2.24) is 25.3 Å². The number of carbonyl (C=O) groups excluding carboxylic acids is 1. The smallest absolute Gasteiger partial charge is 0.326 e. The number of aromatic nitrogens is 4. The second-order valence-electron chi connectivity index (χ2n) is 23.2. The number of hydrogen-bond donors (Lipinski definition) is 8. The van der Waals surface area contributed by atoms with Crippen molar-refractivity contribution in [1.29, 1.82) is 0 Å². The number of benzene rings is 4. The van der Waals surface area contributed by atoms with Gasteiger partial charge in [0.15, 0.2) is 23.4 Å². The Labute approximate surface area is 510 Å². The predicted molar refractivity (Wildman–Crippen MR) is 334 cm³/mol.